The molecule has 2 N–H and O–H groups in total. The van der Waals surface area contributed by atoms with E-state index in [1.807, 2.05) is 37.3 Å². The molecule has 0 aliphatic rings. The maximum Gasteiger partial charge on any atom is 0.210 e. The first-order valence-corrected chi connectivity index (χ1v) is 9.41. The first kappa shape index (κ1) is 18.2. The molecule has 0 atom stereocenters. The maximum atomic E-state index is 6.09. The Morgan fingerprint density at radius 1 is 1.08 bits per heavy atom. The summed E-state index contributed by atoms with van der Waals surface area (Å²) in [5.74, 6) is 9.79. The van der Waals surface area contributed by atoms with Gasteiger partial charge in [0, 0.05) is 5.75 Å². The van der Waals surface area contributed by atoms with Crippen LogP contribution in [0.15, 0.2) is 46.2 Å². The van der Waals surface area contributed by atoms with Crippen LogP contribution in [-0.2, 0) is 0 Å². The van der Waals surface area contributed by atoms with Gasteiger partial charge in [-0.3, -0.25) is 0 Å². The van der Waals surface area contributed by atoms with Crippen LogP contribution in [0.1, 0.15) is 19.1 Å². The first-order chi connectivity index (χ1) is 12.7. The van der Waals surface area contributed by atoms with Crippen LogP contribution in [0.5, 0.6) is 11.5 Å². The summed E-state index contributed by atoms with van der Waals surface area (Å²) in [7, 11) is 0. The van der Waals surface area contributed by atoms with E-state index in [4.69, 9.17) is 19.7 Å². The van der Waals surface area contributed by atoms with Gasteiger partial charge in [0.2, 0.25) is 5.16 Å². The highest BCUT2D eigenvalue weighted by molar-refractivity contribution is 7.99. The third-order valence-electron chi connectivity index (χ3n) is 3.64. The first-order valence-electron chi connectivity index (χ1n) is 8.42. The van der Waals surface area contributed by atoms with Crippen LogP contribution in [0.4, 0.5) is 0 Å². The lowest BCUT2D eigenvalue weighted by atomic mass is 10.2. The van der Waals surface area contributed by atoms with Crippen LogP contribution in [0.2, 0.25) is 0 Å². The van der Waals surface area contributed by atoms with Gasteiger partial charge in [-0.1, -0.05) is 18.7 Å². The minimum absolute atomic E-state index is 0.534. The highest BCUT2D eigenvalue weighted by Crippen LogP contribution is 2.25. The third-order valence-corrected chi connectivity index (χ3v) is 4.55. The molecule has 26 heavy (non-hydrogen) atoms. The Balaban J connectivity index is 1.48. The molecule has 3 rings (SSSR count). The predicted molar refractivity (Wildman–Crippen MR) is 101 cm³/mol. The molecule has 0 aliphatic heterocycles. The molecule has 2 heterocycles. The number of nitrogens with zero attached hydrogens (tertiary/aromatic N) is 3. The summed E-state index contributed by atoms with van der Waals surface area (Å²) in [5, 5.41) is 8.91. The fraction of sp³-hybridized carbons (Fsp3) is 0.333. The van der Waals surface area contributed by atoms with Gasteiger partial charge in [0.15, 0.2) is 5.82 Å². The normalized spacial score (nSPS) is 10.8. The van der Waals surface area contributed by atoms with Gasteiger partial charge in [-0.25, -0.2) is 4.68 Å². The molecule has 1 aromatic carbocycles. The molecule has 0 bridgehead atoms. The molecule has 0 radical (unpaired) electrons. The zero-order valence-corrected chi connectivity index (χ0v) is 15.7. The number of rotatable bonds is 9. The average Bonchev–Trinajstić information content (AvgIpc) is 3.23. The number of ether oxygens (including phenoxy) is 2. The molecule has 0 spiro atoms. The lowest BCUT2D eigenvalue weighted by molar-refractivity contribution is 0.314. The van der Waals surface area contributed by atoms with Crippen molar-refractivity contribution in [2.24, 2.45) is 0 Å². The molecule has 0 amide bonds. The quantitative estimate of drug-likeness (QED) is 0.348. The zero-order valence-electron chi connectivity index (χ0n) is 14.8. The van der Waals surface area contributed by atoms with Crippen LogP contribution >= 0.6 is 11.8 Å². The number of aromatic nitrogens is 3. The summed E-state index contributed by atoms with van der Waals surface area (Å²) in [6.45, 7) is 5.20. The molecular formula is C18H22N4O3S. The SMILES string of the molecule is CCCOc1ccc(OCCSc2nnc(-c3ccoc3C)n2N)cc1. The molecule has 0 aliphatic carbocycles. The van der Waals surface area contributed by atoms with Crippen molar-refractivity contribution in [1.29, 1.82) is 0 Å². The summed E-state index contributed by atoms with van der Waals surface area (Å²) in [6, 6.07) is 9.46. The summed E-state index contributed by atoms with van der Waals surface area (Å²) >= 11 is 1.49. The van der Waals surface area contributed by atoms with Crippen molar-refractivity contribution in [2.75, 3.05) is 24.8 Å². The fourth-order valence-electron chi connectivity index (χ4n) is 2.32. The average molecular weight is 374 g/mol. The second kappa shape index (κ2) is 8.66. The van der Waals surface area contributed by atoms with E-state index < -0.39 is 0 Å². The Hall–Kier alpha value is -2.61. The van der Waals surface area contributed by atoms with Gasteiger partial charge in [0.25, 0.3) is 0 Å². The third kappa shape index (κ3) is 4.32. The van der Waals surface area contributed by atoms with Crippen molar-refractivity contribution in [3.05, 3.63) is 42.4 Å². The van der Waals surface area contributed by atoms with Gasteiger partial charge in [-0.05, 0) is 43.7 Å². The number of thioether (sulfide) groups is 1. The van der Waals surface area contributed by atoms with Gasteiger partial charge < -0.3 is 19.7 Å². The van der Waals surface area contributed by atoms with Gasteiger partial charge in [0.05, 0.1) is 25.0 Å². The van der Waals surface area contributed by atoms with Crippen molar-refractivity contribution >= 4 is 11.8 Å². The zero-order chi connectivity index (χ0) is 18.4. The summed E-state index contributed by atoms with van der Waals surface area (Å²) in [4.78, 5) is 0. The Bertz CT molecular complexity index is 829. The molecule has 0 fully saturated rings. The van der Waals surface area contributed by atoms with Gasteiger partial charge in [-0.2, -0.15) is 0 Å². The fourth-order valence-corrected chi connectivity index (χ4v) is 2.99. The predicted octanol–water partition coefficient (Wildman–Crippen LogP) is 3.52. The molecule has 138 valence electrons. The van der Waals surface area contributed by atoms with E-state index in [1.54, 1.807) is 6.26 Å². The van der Waals surface area contributed by atoms with E-state index in [0.717, 1.165) is 35.9 Å². The van der Waals surface area contributed by atoms with E-state index >= 15 is 0 Å². The minimum Gasteiger partial charge on any atom is -0.494 e. The number of nitrogens with two attached hydrogens (primary N) is 1. The van der Waals surface area contributed by atoms with Crippen LogP contribution < -0.4 is 15.3 Å². The Morgan fingerprint density at radius 3 is 2.38 bits per heavy atom. The van der Waals surface area contributed by atoms with E-state index in [2.05, 4.69) is 17.1 Å². The summed E-state index contributed by atoms with van der Waals surface area (Å²) in [5.41, 5.74) is 0.841. The molecule has 7 nitrogen and oxygen atoms in total. The molecule has 0 unspecified atom stereocenters. The van der Waals surface area contributed by atoms with E-state index in [1.165, 1.54) is 16.4 Å². The Morgan fingerprint density at radius 2 is 1.77 bits per heavy atom. The minimum atomic E-state index is 0.534. The number of hydrogen-bond acceptors (Lipinski definition) is 7. The molecule has 8 heteroatoms. The molecule has 2 aromatic heterocycles. The van der Waals surface area contributed by atoms with Crippen molar-refractivity contribution in [3.63, 3.8) is 0 Å². The Labute approximate surface area is 156 Å². The molecular weight excluding hydrogens is 352 g/mol. The maximum absolute atomic E-state index is 6.09. The lowest BCUT2D eigenvalue weighted by Gasteiger charge is -2.08. The standard InChI is InChI=1S/C18H22N4O3S/c1-3-9-24-14-4-6-15(7-5-14)25-11-12-26-18-21-20-17(22(18)19)16-8-10-23-13(16)2/h4-8,10H,3,9,11-12,19H2,1-2H3. The second-order valence-corrected chi connectivity index (χ2v) is 6.65. The van der Waals surface area contributed by atoms with Crippen molar-refractivity contribution in [2.45, 2.75) is 25.4 Å². The van der Waals surface area contributed by atoms with Crippen LogP contribution in [0, 0.1) is 6.92 Å². The van der Waals surface area contributed by atoms with Crippen LogP contribution in [0.25, 0.3) is 11.4 Å². The highest BCUT2D eigenvalue weighted by atomic mass is 32.2. The lowest BCUT2D eigenvalue weighted by Crippen LogP contribution is -2.12. The summed E-state index contributed by atoms with van der Waals surface area (Å²) in [6.07, 6.45) is 2.60. The molecule has 0 saturated heterocycles. The van der Waals surface area contributed by atoms with E-state index in [9.17, 15) is 0 Å². The van der Waals surface area contributed by atoms with E-state index in [0.29, 0.717) is 23.3 Å². The number of nitrogen functional groups attached to an aromatic ring is 1. The van der Waals surface area contributed by atoms with Gasteiger partial charge in [0.1, 0.15) is 17.3 Å². The largest absolute Gasteiger partial charge is 0.494 e. The van der Waals surface area contributed by atoms with Crippen LogP contribution in [0.3, 0.4) is 0 Å². The smallest absolute Gasteiger partial charge is 0.210 e. The van der Waals surface area contributed by atoms with Crippen molar-refractivity contribution < 1.29 is 13.9 Å². The highest BCUT2D eigenvalue weighted by Gasteiger charge is 2.15. The van der Waals surface area contributed by atoms with E-state index in [-0.39, 0.29) is 0 Å². The topological polar surface area (TPSA) is 88.3 Å². The number of hydrogen-bond donors (Lipinski definition) is 1. The molecule has 3 aromatic rings. The number of aryl methyl sites for hydroxylation is 1. The second-order valence-electron chi connectivity index (χ2n) is 5.58. The Kier molecular flexibility index (Phi) is 6.06. The van der Waals surface area contributed by atoms with Gasteiger partial charge in [-0.15, -0.1) is 10.2 Å². The number of benzene rings is 1. The van der Waals surface area contributed by atoms with Crippen molar-refractivity contribution in [1.82, 2.24) is 14.9 Å². The molecule has 0 saturated carbocycles. The van der Waals surface area contributed by atoms with Gasteiger partial charge >= 0.3 is 0 Å². The monoisotopic (exact) mass is 374 g/mol. The number of furan rings is 1. The van der Waals surface area contributed by atoms with Crippen LogP contribution in [-0.4, -0.2) is 33.8 Å². The van der Waals surface area contributed by atoms with Crippen molar-refractivity contribution in [3.8, 4) is 22.9 Å². The summed E-state index contributed by atoms with van der Waals surface area (Å²) < 4.78 is 18.0.